The van der Waals surface area contributed by atoms with E-state index in [-0.39, 0.29) is 5.69 Å². The summed E-state index contributed by atoms with van der Waals surface area (Å²) in [5, 5.41) is 15.3. The number of thioether (sulfide) groups is 1. The van der Waals surface area contributed by atoms with Crippen molar-refractivity contribution in [2.45, 2.75) is 44.0 Å². The molecule has 116 valence electrons. The molecule has 1 N–H and O–H groups in total. The third-order valence-corrected chi connectivity index (χ3v) is 5.17. The van der Waals surface area contributed by atoms with Crippen LogP contribution in [0.2, 0.25) is 0 Å². The molecule has 1 fully saturated rings. The number of hydrogen-bond donors (Lipinski definition) is 1. The molecule has 0 saturated heterocycles. The van der Waals surface area contributed by atoms with Gasteiger partial charge in [-0.25, -0.2) is 0 Å². The summed E-state index contributed by atoms with van der Waals surface area (Å²) in [7, 11) is 1.45. The van der Waals surface area contributed by atoms with Crippen molar-refractivity contribution in [2.75, 3.05) is 12.9 Å². The maximum atomic E-state index is 11.0. The topological polar surface area (TPSA) is 64.4 Å². The Labute approximate surface area is 129 Å². The molecule has 0 amide bonds. The Balaban J connectivity index is 2.00. The predicted octanol–water partition coefficient (Wildman–Crippen LogP) is 3.37. The molecule has 2 unspecified atom stereocenters. The number of benzene rings is 1. The van der Waals surface area contributed by atoms with E-state index in [1.165, 1.54) is 26.4 Å². The summed E-state index contributed by atoms with van der Waals surface area (Å²) >= 11 is 2.01. The van der Waals surface area contributed by atoms with E-state index >= 15 is 0 Å². The molecule has 0 aliphatic heterocycles. The Morgan fingerprint density at radius 3 is 2.95 bits per heavy atom. The second-order valence-electron chi connectivity index (χ2n) is 5.18. The van der Waals surface area contributed by atoms with Crippen LogP contribution in [-0.2, 0) is 6.54 Å². The van der Waals surface area contributed by atoms with E-state index in [4.69, 9.17) is 4.74 Å². The van der Waals surface area contributed by atoms with E-state index in [1.807, 2.05) is 17.8 Å². The number of methoxy groups -OCH3 is 1. The fourth-order valence-corrected chi connectivity index (χ4v) is 4.04. The van der Waals surface area contributed by atoms with Gasteiger partial charge in [0.2, 0.25) is 0 Å². The third-order valence-electron chi connectivity index (χ3n) is 3.84. The number of nitro benzene ring substituents is 1. The summed E-state index contributed by atoms with van der Waals surface area (Å²) in [5.74, 6) is 1.45. The van der Waals surface area contributed by atoms with Crippen LogP contribution < -0.4 is 10.1 Å². The quantitative estimate of drug-likeness (QED) is 0.618. The van der Waals surface area contributed by atoms with Gasteiger partial charge in [-0.15, -0.1) is 0 Å². The first-order chi connectivity index (χ1) is 10.2. The SMILES string of the molecule is CCSC1CCCC1NCc1ccc(OC)c([N+](=O)[O-])c1. The Morgan fingerprint density at radius 2 is 2.29 bits per heavy atom. The number of rotatable bonds is 7. The predicted molar refractivity (Wildman–Crippen MR) is 86.0 cm³/mol. The first kappa shape index (κ1) is 16.1. The lowest BCUT2D eigenvalue weighted by atomic mass is 10.1. The molecule has 0 bridgehead atoms. The van der Waals surface area contributed by atoms with E-state index < -0.39 is 4.92 Å². The lowest BCUT2D eigenvalue weighted by Gasteiger charge is -2.20. The van der Waals surface area contributed by atoms with Gasteiger partial charge in [-0.05, 0) is 30.2 Å². The van der Waals surface area contributed by atoms with Gasteiger partial charge in [-0.3, -0.25) is 10.1 Å². The van der Waals surface area contributed by atoms with Crippen molar-refractivity contribution >= 4 is 17.4 Å². The van der Waals surface area contributed by atoms with Crippen LogP contribution >= 0.6 is 11.8 Å². The van der Waals surface area contributed by atoms with Crippen molar-refractivity contribution < 1.29 is 9.66 Å². The smallest absolute Gasteiger partial charge is 0.311 e. The van der Waals surface area contributed by atoms with Crippen LogP contribution in [0.25, 0.3) is 0 Å². The van der Waals surface area contributed by atoms with Gasteiger partial charge in [0.25, 0.3) is 0 Å². The monoisotopic (exact) mass is 310 g/mol. The van der Waals surface area contributed by atoms with E-state index in [1.54, 1.807) is 12.1 Å². The normalized spacial score (nSPS) is 21.4. The highest BCUT2D eigenvalue weighted by molar-refractivity contribution is 7.99. The van der Waals surface area contributed by atoms with Crippen LogP contribution in [-0.4, -0.2) is 29.1 Å². The molecule has 0 radical (unpaired) electrons. The summed E-state index contributed by atoms with van der Waals surface area (Å²) in [6.07, 6.45) is 3.72. The first-order valence-electron chi connectivity index (χ1n) is 7.32. The zero-order chi connectivity index (χ0) is 15.2. The second kappa shape index (κ2) is 7.66. The molecule has 5 nitrogen and oxygen atoms in total. The molecule has 21 heavy (non-hydrogen) atoms. The molecule has 0 heterocycles. The van der Waals surface area contributed by atoms with Crippen molar-refractivity contribution in [3.63, 3.8) is 0 Å². The van der Waals surface area contributed by atoms with Gasteiger partial charge in [-0.1, -0.05) is 19.4 Å². The van der Waals surface area contributed by atoms with Gasteiger partial charge < -0.3 is 10.1 Å². The highest BCUT2D eigenvalue weighted by atomic mass is 32.2. The average Bonchev–Trinajstić information content (AvgIpc) is 2.92. The maximum absolute atomic E-state index is 11.0. The number of nitrogens with one attached hydrogen (secondary N) is 1. The van der Waals surface area contributed by atoms with Crippen molar-refractivity contribution in [1.29, 1.82) is 0 Å². The lowest BCUT2D eigenvalue weighted by Crippen LogP contribution is -2.33. The van der Waals surface area contributed by atoms with E-state index in [9.17, 15) is 10.1 Å². The van der Waals surface area contributed by atoms with Gasteiger partial charge in [0.05, 0.1) is 12.0 Å². The summed E-state index contributed by atoms with van der Waals surface area (Å²) in [6, 6.07) is 5.66. The van der Waals surface area contributed by atoms with Crippen molar-refractivity contribution in [3.05, 3.63) is 33.9 Å². The van der Waals surface area contributed by atoms with Crippen LogP contribution in [0.4, 0.5) is 5.69 Å². The van der Waals surface area contributed by atoms with Crippen LogP contribution in [0.3, 0.4) is 0 Å². The molecule has 1 saturated carbocycles. The summed E-state index contributed by atoms with van der Waals surface area (Å²) in [4.78, 5) is 10.6. The molecule has 1 aliphatic carbocycles. The fourth-order valence-electron chi connectivity index (χ4n) is 2.81. The average molecular weight is 310 g/mol. The van der Waals surface area contributed by atoms with Gasteiger partial charge >= 0.3 is 5.69 Å². The fraction of sp³-hybridized carbons (Fsp3) is 0.600. The molecule has 2 atom stereocenters. The van der Waals surface area contributed by atoms with Gasteiger partial charge in [-0.2, -0.15) is 11.8 Å². The number of nitro groups is 1. The minimum Gasteiger partial charge on any atom is -0.490 e. The minimum absolute atomic E-state index is 0.0303. The molecular weight excluding hydrogens is 288 g/mol. The van der Waals surface area contributed by atoms with Crippen LogP contribution in [0.15, 0.2) is 18.2 Å². The van der Waals surface area contributed by atoms with Crippen molar-refractivity contribution in [3.8, 4) is 5.75 Å². The largest absolute Gasteiger partial charge is 0.490 e. The summed E-state index contributed by atoms with van der Waals surface area (Å²) < 4.78 is 5.02. The highest BCUT2D eigenvalue weighted by Crippen LogP contribution is 2.31. The molecule has 6 heteroatoms. The van der Waals surface area contributed by atoms with Crippen molar-refractivity contribution in [1.82, 2.24) is 5.32 Å². The number of nitrogens with zero attached hydrogens (tertiary/aromatic N) is 1. The molecule has 1 aliphatic rings. The van der Waals surface area contributed by atoms with Gasteiger partial charge in [0, 0.05) is 23.9 Å². The number of ether oxygens (including phenoxy) is 1. The molecule has 1 aromatic rings. The van der Waals surface area contributed by atoms with E-state index in [0.29, 0.717) is 23.6 Å². The lowest BCUT2D eigenvalue weighted by molar-refractivity contribution is -0.385. The standard InChI is InChI=1S/C15H22N2O3S/c1-3-21-15-6-4-5-12(15)16-10-11-7-8-14(20-2)13(9-11)17(18)19/h7-9,12,15-16H,3-6,10H2,1-2H3. The highest BCUT2D eigenvalue weighted by Gasteiger charge is 2.26. The Morgan fingerprint density at radius 1 is 1.48 bits per heavy atom. The molecule has 1 aromatic carbocycles. The zero-order valence-corrected chi connectivity index (χ0v) is 13.3. The molecule has 2 rings (SSSR count). The Hall–Kier alpha value is -1.27. The van der Waals surface area contributed by atoms with Gasteiger partial charge in [0.1, 0.15) is 0 Å². The molecule has 0 spiro atoms. The van der Waals surface area contributed by atoms with Crippen LogP contribution in [0.1, 0.15) is 31.7 Å². The van der Waals surface area contributed by atoms with E-state index in [0.717, 1.165) is 11.3 Å². The van der Waals surface area contributed by atoms with Crippen LogP contribution in [0, 0.1) is 10.1 Å². The van der Waals surface area contributed by atoms with E-state index in [2.05, 4.69) is 12.2 Å². The zero-order valence-electron chi connectivity index (χ0n) is 12.5. The Kier molecular flexibility index (Phi) is 5.87. The minimum atomic E-state index is -0.395. The number of hydrogen-bond acceptors (Lipinski definition) is 5. The Bertz CT molecular complexity index is 496. The van der Waals surface area contributed by atoms with Crippen molar-refractivity contribution in [2.24, 2.45) is 0 Å². The molecule has 0 aromatic heterocycles. The summed E-state index contributed by atoms with van der Waals surface area (Å²) in [5.41, 5.74) is 0.956. The first-order valence-corrected chi connectivity index (χ1v) is 8.37. The second-order valence-corrected chi connectivity index (χ2v) is 6.69. The van der Waals surface area contributed by atoms with Crippen LogP contribution in [0.5, 0.6) is 5.75 Å². The maximum Gasteiger partial charge on any atom is 0.311 e. The molecular formula is C15H22N2O3S. The summed E-state index contributed by atoms with van der Waals surface area (Å²) in [6.45, 7) is 2.85. The third kappa shape index (κ3) is 4.11. The van der Waals surface area contributed by atoms with Gasteiger partial charge in [0.15, 0.2) is 5.75 Å².